The fourth-order valence-electron chi connectivity index (χ4n) is 2.61. The van der Waals surface area contributed by atoms with E-state index in [1.807, 2.05) is 12.4 Å². The molecule has 2 heterocycles. The van der Waals surface area contributed by atoms with Crippen LogP contribution in [0.2, 0.25) is 0 Å². The number of hydrogen-bond acceptors (Lipinski definition) is 5. The molecule has 0 bridgehead atoms. The first-order valence-electron chi connectivity index (χ1n) is 9.23. The number of rotatable bonds is 8. The van der Waals surface area contributed by atoms with Crippen LogP contribution in [0.25, 0.3) is 0 Å². The van der Waals surface area contributed by atoms with E-state index in [9.17, 15) is 0 Å². The van der Waals surface area contributed by atoms with Crippen molar-refractivity contribution in [1.82, 2.24) is 9.97 Å². The molecule has 1 saturated heterocycles. The van der Waals surface area contributed by atoms with E-state index in [1.165, 1.54) is 12.8 Å². The molecular weight excluding hydrogens is 301 g/mol. The van der Waals surface area contributed by atoms with Crippen LogP contribution >= 0.6 is 0 Å². The van der Waals surface area contributed by atoms with E-state index in [0.717, 1.165) is 37.3 Å². The molecule has 0 amide bonds. The van der Waals surface area contributed by atoms with Crippen LogP contribution in [0.4, 0.5) is 5.95 Å². The predicted octanol–water partition coefficient (Wildman–Crippen LogP) is 3.18. The van der Waals surface area contributed by atoms with Crippen LogP contribution in [0.3, 0.4) is 0 Å². The number of anilines is 1. The van der Waals surface area contributed by atoms with Crippen molar-refractivity contribution in [3.05, 3.63) is 12.4 Å². The van der Waals surface area contributed by atoms with Crippen molar-refractivity contribution in [3.63, 3.8) is 0 Å². The van der Waals surface area contributed by atoms with Gasteiger partial charge in [-0.05, 0) is 40.5 Å². The standard InChI is InChI=1S/C18H32BN3O2/c1-7-9-11-22(12-10-8-2)16-20-13-15(14-21-16)19-23-17(3,4)18(5,6)24-19/h13-14H,7-12H2,1-6H3. The molecule has 0 radical (unpaired) electrons. The molecule has 0 unspecified atom stereocenters. The fraction of sp³-hybridized carbons (Fsp3) is 0.778. The zero-order valence-electron chi connectivity index (χ0n) is 16.1. The van der Waals surface area contributed by atoms with Gasteiger partial charge in [0.2, 0.25) is 5.95 Å². The summed E-state index contributed by atoms with van der Waals surface area (Å²) in [6.07, 6.45) is 8.35. The minimum absolute atomic E-state index is 0.343. The van der Waals surface area contributed by atoms with Crippen molar-refractivity contribution in [3.8, 4) is 0 Å². The minimum Gasteiger partial charge on any atom is -0.399 e. The highest BCUT2D eigenvalue weighted by atomic mass is 16.7. The number of aromatic nitrogens is 2. The topological polar surface area (TPSA) is 47.5 Å². The smallest absolute Gasteiger partial charge is 0.399 e. The summed E-state index contributed by atoms with van der Waals surface area (Å²) in [6.45, 7) is 14.6. The lowest BCUT2D eigenvalue weighted by atomic mass is 9.81. The highest BCUT2D eigenvalue weighted by Crippen LogP contribution is 2.36. The number of hydrogen-bond donors (Lipinski definition) is 0. The third-order valence-electron chi connectivity index (χ3n) is 5.03. The molecule has 1 fully saturated rings. The quantitative estimate of drug-likeness (QED) is 0.684. The SMILES string of the molecule is CCCCN(CCCC)c1ncc(B2OC(C)(C)C(C)(C)O2)cn1. The molecule has 24 heavy (non-hydrogen) atoms. The van der Waals surface area contributed by atoms with Crippen LogP contribution in [0, 0.1) is 0 Å². The van der Waals surface area contributed by atoms with Crippen molar-refractivity contribution in [2.75, 3.05) is 18.0 Å². The Morgan fingerprint density at radius 2 is 1.38 bits per heavy atom. The molecule has 134 valence electrons. The molecule has 0 atom stereocenters. The molecule has 1 aliphatic rings. The van der Waals surface area contributed by atoms with Gasteiger partial charge in [0, 0.05) is 30.9 Å². The summed E-state index contributed by atoms with van der Waals surface area (Å²) in [4.78, 5) is 11.4. The molecule has 1 aromatic rings. The van der Waals surface area contributed by atoms with E-state index in [0.29, 0.717) is 0 Å². The summed E-state index contributed by atoms with van der Waals surface area (Å²) < 4.78 is 12.1. The molecule has 1 aliphatic heterocycles. The lowest BCUT2D eigenvalue weighted by Gasteiger charge is -2.32. The Hall–Kier alpha value is -1.14. The number of nitrogens with zero attached hydrogens (tertiary/aromatic N) is 3. The van der Waals surface area contributed by atoms with Crippen LogP contribution in [-0.4, -0.2) is 41.4 Å². The Morgan fingerprint density at radius 1 is 0.917 bits per heavy atom. The Bertz CT molecular complexity index is 496. The largest absolute Gasteiger partial charge is 0.498 e. The van der Waals surface area contributed by atoms with Crippen molar-refractivity contribution in [2.45, 2.75) is 78.4 Å². The molecule has 5 nitrogen and oxygen atoms in total. The van der Waals surface area contributed by atoms with E-state index in [-0.39, 0.29) is 11.2 Å². The summed E-state index contributed by atoms with van der Waals surface area (Å²) >= 11 is 0. The summed E-state index contributed by atoms with van der Waals surface area (Å²) in [5, 5.41) is 0. The second-order valence-electron chi connectivity index (χ2n) is 7.60. The van der Waals surface area contributed by atoms with Gasteiger partial charge in [-0.25, -0.2) is 9.97 Å². The van der Waals surface area contributed by atoms with Gasteiger partial charge in [0.1, 0.15) is 0 Å². The molecule has 2 rings (SSSR count). The van der Waals surface area contributed by atoms with Crippen molar-refractivity contribution in [2.24, 2.45) is 0 Å². The van der Waals surface area contributed by atoms with E-state index >= 15 is 0 Å². The highest BCUT2D eigenvalue weighted by Gasteiger charge is 2.51. The van der Waals surface area contributed by atoms with Gasteiger partial charge in [-0.3, -0.25) is 0 Å². The maximum Gasteiger partial charge on any atom is 0.498 e. The Balaban J connectivity index is 2.09. The molecule has 0 spiro atoms. The van der Waals surface area contributed by atoms with Gasteiger partial charge < -0.3 is 14.2 Å². The normalized spacial score (nSPS) is 18.8. The van der Waals surface area contributed by atoms with Crippen LogP contribution in [-0.2, 0) is 9.31 Å². The van der Waals surface area contributed by atoms with Gasteiger partial charge in [0.25, 0.3) is 0 Å². The van der Waals surface area contributed by atoms with Crippen LogP contribution < -0.4 is 10.4 Å². The third kappa shape index (κ3) is 4.28. The first kappa shape index (κ1) is 19.2. The Morgan fingerprint density at radius 3 is 1.79 bits per heavy atom. The zero-order chi connectivity index (χ0) is 17.8. The zero-order valence-corrected chi connectivity index (χ0v) is 16.1. The summed E-state index contributed by atoms with van der Waals surface area (Å²) in [5.74, 6) is 0.803. The first-order chi connectivity index (χ1) is 11.3. The monoisotopic (exact) mass is 333 g/mol. The molecular formula is C18H32BN3O2. The molecule has 1 aromatic heterocycles. The van der Waals surface area contributed by atoms with Gasteiger partial charge in [0.05, 0.1) is 11.2 Å². The summed E-state index contributed by atoms with van der Waals surface area (Å²) in [5.41, 5.74) is 0.193. The van der Waals surface area contributed by atoms with Crippen LogP contribution in [0.15, 0.2) is 12.4 Å². The average molecular weight is 333 g/mol. The van der Waals surface area contributed by atoms with Crippen molar-refractivity contribution >= 4 is 18.5 Å². The molecule has 0 saturated carbocycles. The van der Waals surface area contributed by atoms with Gasteiger partial charge in [-0.15, -0.1) is 0 Å². The average Bonchev–Trinajstić information content (AvgIpc) is 2.76. The predicted molar refractivity (Wildman–Crippen MR) is 99.8 cm³/mol. The molecule has 6 heteroatoms. The Kier molecular flexibility index (Phi) is 6.26. The maximum absolute atomic E-state index is 6.06. The Labute approximate surface area is 147 Å². The fourth-order valence-corrected chi connectivity index (χ4v) is 2.61. The second-order valence-corrected chi connectivity index (χ2v) is 7.60. The summed E-state index contributed by atoms with van der Waals surface area (Å²) in [6, 6.07) is 0. The van der Waals surface area contributed by atoms with Gasteiger partial charge in [-0.2, -0.15) is 0 Å². The van der Waals surface area contributed by atoms with Crippen molar-refractivity contribution < 1.29 is 9.31 Å². The van der Waals surface area contributed by atoms with Crippen molar-refractivity contribution in [1.29, 1.82) is 0 Å². The van der Waals surface area contributed by atoms with E-state index < -0.39 is 7.12 Å². The van der Waals surface area contributed by atoms with E-state index in [1.54, 1.807) is 0 Å². The second kappa shape index (κ2) is 7.83. The molecule has 0 aliphatic carbocycles. The van der Waals surface area contributed by atoms with Gasteiger partial charge in [-0.1, -0.05) is 26.7 Å². The van der Waals surface area contributed by atoms with E-state index in [4.69, 9.17) is 9.31 Å². The third-order valence-corrected chi connectivity index (χ3v) is 5.03. The van der Waals surface area contributed by atoms with Crippen LogP contribution in [0.5, 0.6) is 0 Å². The van der Waals surface area contributed by atoms with Gasteiger partial charge >= 0.3 is 7.12 Å². The van der Waals surface area contributed by atoms with Crippen LogP contribution in [0.1, 0.15) is 67.2 Å². The maximum atomic E-state index is 6.06. The number of unbranched alkanes of at least 4 members (excludes halogenated alkanes) is 2. The lowest BCUT2D eigenvalue weighted by Crippen LogP contribution is -2.41. The minimum atomic E-state index is -0.399. The highest BCUT2D eigenvalue weighted by molar-refractivity contribution is 6.61. The van der Waals surface area contributed by atoms with Gasteiger partial charge in [0.15, 0.2) is 0 Å². The first-order valence-corrected chi connectivity index (χ1v) is 9.23. The summed E-state index contributed by atoms with van der Waals surface area (Å²) in [7, 11) is -0.399. The molecule has 0 N–H and O–H groups in total. The molecule has 0 aromatic carbocycles. The lowest BCUT2D eigenvalue weighted by molar-refractivity contribution is 0.00578. The van der Waals surface area contributed by atoms with E-state index in [2.05, 4.69) is 56.4 Å².